The molecule has 130 valence electrons. The second-order valence-corrected chi connectivity index (χ2v) is 5.72. The zero-order valence-corrected chi connectivity index (χ0v) is 13.6. The molecule has 3 N–H and O–H groups in total. The number of nitrogens with one attached hydrogen (secondary N) is 2. The van der Waals surface area contributed by atoms with E-state index >= 15 is 0 Å². The van der Waals surface area contributed by atoms with E-state index < -0.39 is 11.8 Å². The van der Waals surface area contributed by atoms with Gasteiger partial charge in [0.1, 0.15) is 5.82 Å². The van der Waals surface area contributed by atoms with Crippen molar-refractivity contribution >= 4 is 34.5 Å². The smallest absolute Gasteiger partial charge is 0.261 e. The molecule has 1 aliphatic rings. The van der Waals surface area contributed by atoms with Gasteiger partial charge in [-0.25, -0.2) is 4.98 Å². The van der Waals surface area contributed by atoms with Crippen molar-refractivity contribution in [2.75, 3.05) is 18.6 Å². The predicted octanol–water partition coefficient (Wildman–Crippen LogP) is 1.60. The number of imide groups is 1. The van der Waals surface area contributed by atoms with Gasteiger partial charge in [0.25, 0.3) is 11.8 Å². The fourth-order valence-electron chi connectivity index (χ4n) is 3.06. The summed E-state index contributed by atoms with van der Waals surface area (Å²) < 4.78 is 0. The highest BCUT2D eigenvalue weighted by Crippen LogP contribution is 2.34. The van der Waals surface area contributed by atoms with Gasteiger partial charge in [-0.15, -0.1) is 0 Å². The Balaban J connectivity index is 1.77. The Morgan fingerprint density at radius 1 is 1.19 bits per heavy atom. The van der Waals surface area contributed by atoms with Crippen LogP contribution in [-0.4, -0.2) is 51.2 Å². The standard InChI is InChI=1S/C18H15N5O3/c24-9-8-23-17(25)12-3-1-2-11-14(5-4-13(16(11)12)18(23)26)22-21-10-15-19-6-7-20-15/h1-7,10,22,24H,8-9H2,(H,19,20)/b21-10+. The van der Waals surface area contributed by atoms with Crippen molar-refractivity contribution < 1.29 is 14.7 Å². The molecule has 1 aliphatic heterocycles. The third-order valence-electron chi connectivity index (χ3n) is 4.21. The van der Waals surface area contributed by atoms with Crippen molar-refractivity contribution in [3.05, 3.63) is 59.7 Å². The first-order valence-electron chi connectivity index (χ1n) is 8.02. The molecule has 0 spiro atoms. The van der Waals surface area contributed by atoms with Crippen LogP contribution in [0.3, 0.4) is 0 Å². The number of amides is 2. The van der Waals surface area contributed by atoms with Gasteiger partial charge in [0.05, 0.1) is 25.1 Å². The van der Waals surface area contributed by atoms with Gasteiger partial charge in [0.15, 0.2) is 0 Å². The van der Waals surface area contributed by atoms with Gasteiger partial charge in [-0.2, -0.15) is 5.10 Å². The summed E-state index contributed by atoms with van der Waals surface area (Å²) in [6.07, 6.45) is 4.85. The highest BCUT2D eigenvalue weighted by Gasteiger charge is 2.32. The van der Waals surface area contributed by atoms with Crippen molar-refractivity contribution in [3.8, 4) is 0 Å². The summed E-state index contributed by atoms with van der Waals surface area (Å²) in [5, 5.41) is 14.6. The van der Waals surface area contributed by atoms with Gasteiger partial charge >= 0.3 is 0 Å². The van der Waals surface area contributed by atoms with Crippen molar-refractivity contribution in [2.24, 2.45) is 5.10 Å². The third-order valence-corrected chi connectivity index (χ3v) is 4.21. The molecule has 3 aromatic rings. The summed E-state index contributed by atoms with van der Waals surface area (Å²) in [7, 11) is 0. The molecule has 0 atom stereocenters. The maximum atomic E-state index is 12.6. The summed E-state index contributed by atoms with van der Waals surface area (Å²) in [6, 6.07) is 8.67. The lowest BCUT2D eigenvalue weighted by atomic mass is 9.93. The quantitative estimate of drug-likeness (QED) is 0.368. The van der Waals surface area contributed by atoms with Crippen molar-refractivity contribution in [1.82, 2.24) is 14.9 Å². The van der Waals surface area contributed by atoms with Crippen LogP contribution in [0.25, 0.3) is 10.8 Å². The van der Waals surface area contributed by atoms with Gasteiger partial charge in [0.2, 0.25) is 0 Å². The predicted molar refractivity (Wildman–Crippen MR) is 96.2 cm³/mol. The Labute approximate surface area is 148 Å². The maximum absolute atomic E-state index is 12.6. The number of hydrazone groups is 1. The third kappa shape index (κ3) is 2.52. The number of nitrogens with zero attached hydrogens (tertiary/aromatic N) is 3. The lowest BCUT2D eigenvalue weighted by Crippen LogP contribution is -2.41. The minimum absolute atomic E-state index is 0.0268. The first-order chi connectivity index (χ1) is 12.7. The van der Waals surface area contributed by atoms with Crippen LogP contribution in [0.5, 0.6) is 0 Å². The number of aliphatic hydroxyl groups is 1. The molecule has 2 amide bonds. The number of imidazole rings is 1. The van der Waals surface area contributed by atoms with E-state index in [9.17, 15) is 9.59 Å². The van der Waals surface area contributed by atoms with Crippen LogP contribution < -0.4 is 5.43 Å². The highest BCUT2D eigenvalue weighted by atomic mass is 16.3. The Morgan fingerprint density at radius 3 is 2.73 bits per heavy atom. The number of rotatable bonds is 5. The Hall–Kier alpha value is -3.52. The van der Waals surface area contributed by atoms with E-state index in [1.165, 1.54) is 6.21 Å². The van der Waals surface area contributed by atoms with E-state index in [1.807, 2.05) is 6.07 Å². The fraction of sp³-hybridized carbons (Fsp3) is 0.111. The summed E-state index contributed by atoms with van der Waals surface area (Å²) >= 11 is 0. The zero-order chi connectivity index (χ0) is 18.1. The number of aromatic nitrogens is 2. The summed E-state index contributed by atoms with van der Waals surface area (Å²) in [5.74, 6) is -0.206. The molecule has 0 radical (unpaired) electrons. The molecule has 26 heavy (non-hydrogen) atoms. The van der Waals surface area contributed by atoms with E-state index in [-0.39, 0.29) is 13.2 Å². The second kappa shape index (κ2) is 6.41. The van der Waals surface area contributed by atoms with Gasteiger partial charge in [-0.05, 0) is 18.2 Å². The van der Waals surface area contributed by atoms with Crippen LogP contribution in [0.15, 0.2) is 47.8 Å². The molecule has 0 unspecified atom stereocenters. The summed E-state index contributed by atoms with van der Waals surface area (Å²) in [6.45, 7) is -0.301. The van der Waals surface area contributed by atoms with Crippen molar-refractivity contribution in [1.29, 1.82) is 0 Å². The van der Waals surface area contributed by atoms with Crippen LogP contribution in [0.2, 0.25) is 0 Å². The summed E-state index contributed by atoms with van der Waals surface area (Å²) in [4.78, 5) is 33.3. The maximum Gasteiger partial charge on any atom is 0.261 e. The lowest BCUT2D eigenvalue weighted by Gasteiger charge is -2.27. The summed E-state index contributed by atoms with van der Waals surface area (Å²) in [5.41, 5.74) is 4.47. The molecule has 2 aromatic carbocycles. The topological polar surface area (TPSA) is 111 Å². The molecule has 0 saturated heterocycles. The molecule has 2 heterocycles. The minimum atomic E-state index is -0.404. The molecule has 8 nitrogen and oxygen atoms in total. The van der Waals surface area contributed by atoms with E-state index in [4.69, 9.17) is 5.11 Å². The number of aliphatic hydroxyl groups excluding tert-OH is 1. The van der Waals surface area contributed by atoms with Crippen molar-refractivity contribution in [3.63, 3.8) is 0 Å². The Kier molecular flexibility index (Phi) is 3.94. The Bertz CT molecular complexity index is 1000. The first-order valence-corrected chi connectivity index (χ1v) is 8.02. The fourth-order valence-corrected chi connectivity index (χ4v) is 3.06. The molecule has 0 saturated carbocycles. The van der Waals surface area contributed by atoms with Crippen LogP contribution in [0, 0.1) is 0 Å². The van der Waals surface area contributed by atoms with E-state index in [1.54, 1.807) is 36.7 Å². The van der Waals surface area contributed by atoms with Crippen LogP contribution in [-0.2, 0) is 0 Å². The van der Waals surface area contributed by atoms with Gasteiger partial charge in [-0.1, -0.05) is 12.1 Å². The molecule has 1 aromatic heterocycles. The monoisotopic (exact) mass is 349 g/mol. The number of aromatic amines is 1. The number of hydrogen-bond donors (Lipinski definition) is 3. The van der Waals surface area contributed by atoms with Crippen molar-refractivity contribution in [2.45, 2.75) is 0 Å². The number of benzene rings is 2. The Morgan fingerprint density at radius 2 is 2.00 bits per heavy atom. The van der Waals surface area contributed by atoms with E-state index in [0.717, 1.165) is 10.3 Å². The largest absolute Gasteiger partial charge is 0.395 e. The molecule has 0 fully saturated rings. The molecule has 0 aliphatic carbocycles. The number of hydrogen-bond acceptors (Lipinski definition) is 6. The number of H-pyrrole nitrogens is 1. The molecule has 0 bridgehead atoms. The van der Waals surface area contributed by atoms with Gasteiger partial charge in [-0.3, -0.25) is 19.9 Å². The molecular weight excluding hydrogens is 334 g/mol. The van der Waals surface area contributed by atoms with Gasteiger partial charge < -0.3 is 10.1 Å². The molecule has 4 rings (SSSR count). The number of carbonyl (C=O) groups is 2. The second-order valence-electron chi connectivity index (χ2n) is 5.72. The molecular formula is C18H15N5O3. The molecule has 8 heteroatoms. The normalized spacial score (nSPS) is 13.8. The van der Waals surface area contributed by atoms with Gasteiger partial charge in [0, 0.05) is 34.3 Å². The number of anilines is 1. The van der Waals surface area contributed by atoms with E-state index in [0.29, 0.717) is 28.0 Å². The lowest BCUT2D eigenvalue weighted by molar-refractivity contribution is 0.0580. The average molecular weight is 349 g/mol. The number of carbonyl (C=O) groups excluding carboxylic acids is 2. The van der Waals surface area contributed by atoms with Crippen LogP contribution >= 0.6 is 0 Å². The zero-order valence-electron chi connectivity index (χ0n) is 13.6. The minimum Gasteiger partial charge on any atom is -0.395 e. The van der Waals surface area contributed by atoms with E-state index in [2.05, 4.69) is 20.5 Å². The highest BCUT2D eigenvalue weighted by molar-refractivity contribution is 6.26. The average Bonchev–Trinajstić information content (AvgIpc) is 3.17. The van der Waals surface area contributed by atoms with Crippen LogP contribution in [0.4, 0.5) is 5.69 Å². The SMILES string of the molecule is O=C1c2cccc3c(N/N=C/c4ncc[nH]4)ccc(c23)C(=O)N1CCO. The number of β-amino-alcohol motifs (C(OH)–C–C–N with tert-alkyl or cyclic N) is 1. The van der Waals surface area contributed by atoms with Crippen LogP contribution in [0.1, 0.15) is 26.5 Å². The first kappa shape index (κ1) is 16.0.